The molecule has 4 saturated heterocycles. The molecule has 16 aromatic heterocycles. The van der Waals surface area contributed by atoms with Crippen molar-refractivity contribution >= 4 is 67.8 Å². The normalized spacial score (nSPS) is 16.8. The third-order valence-corrected chi connectivity index (χ3v) is 21.1. The lowest BCUT2D eigenvalue weighted by atomic mass is 10.1. The number of pyridine rings is 5. The fourth-order valence-electron chi connectivity index (χ4n) is 15.7. The van der Waals surface area contributed by atoms with E-state index in [2.05, 4.69) is 113 Å². The number of piperazine rings is 4. The Labute approximate surface area is 654 Å². The fourth-order valence-corrected chi connectivity index (χ4v) is 15.7. The van der Waals surface area contributed by atoms with E-state index in [1.807, 2.05) is 190 Å². The van der Waals surface area contributed by atoms with Gasteiger partial charge >= 0.3 is 0 Å². The minimum atomic E-state index is -0.113. The van der Waals surface area contributed by atoms with Crippen LogP contribution >= 0.6 is 0 Å². The molecule has 4 fully saturated rings. The van der Waals surface area contributed by atoms with E-state index < -0.39 is 0 Å². The molecule has 0 unspecified atom stereocenters. The summed E-state index contributed by atoms with van der Waals surface area (Å²) >= 11 is 0. The summed E-state index contributed by atoms with van der Waals surface area (Å²) in [5, 5.41) is 18.3. The molecule has 3 atom stereocenters. The molecule has 0 bridgehead atoms. The smallest absolute Gasteiger partial charge is 0.258 e. The van der Waals surface area contributed by atoms with Crippen LogP contribution in [0.4, 0.5) is 22.7 Å². The summed E-state index contributed by atoms with van der Waals surface area (Å²) < 4.78 is 14.1. The van der Waals surface area contributed by atoms with Gasteiger partial charge in [-0.25, -0.2) is 39.4 Å². The number of anilines is 4. The van der Waals surface area contributed by atoms with Crippen LogP contribution in [0.2, 0.25) is 0 Å². The third kappa shape index (κ3) is 15.2. The summed E-state index contributed by atoms with van der Waals surface area (Å²) in [6.45, 7) is 32.3. The molecular formula is C83H89N27O4. The fraction of sp³-hybridized carbons (Fsp3) is 0.313. The van der Waals surface area contributed by atoms with Crippen molar-refractivity contribution in [3.8, 4) is 45.4 Å². The van der Waals surface area contributed by atoms with Gasteiger partial charge in [-0.15, -0.1) is 0 Å². The summed E-state index contributed by atoms with van der Waals surface area (Å²) in [4.78, 5) is 106. The lowest BCUT2D eigenvalue weighted by Gasteiger charge is -2.37. The number of aryl methyl sites for hydroxylation is 7. The monoisotopic (exact) mass is 1530 g/mol. The van der Waals surface area contributed by atoms with E-state index >= 15 is 0 Å². The number of nitrogens with zero attached hydrogens (tertiary/aromatic N) is 23. The molecule has 0 radical (unpaired) electrons. The van der Waals surface area contributed by atoms with Gasteiger partial charge in [0.25, 0.3) is 22.2 Å². The zero-order valence-electron chi connectivity index (χ0n) is 65.4. The van der Waals surface area contributed by atoms with Gasteiger partial charge in [-0.1, -0.05) is 0 Å². The number of rotatable bonds is 8. The summed E-state index contributed by atoms with van der Waals surface area (Å²) in [6, 6.07) is 29.1. The molecule has 16 aromatic rings. The molecule has 20 rings (SSSR count). The molecule has 580 valence electrons. The van der Waals surface area contributed by atoms with Gasteiger partial charge in [0.05, 0.1) is 97.1 Å². The molecule has 0 amide bonds. The lowest BCUT2D eigenvalue weighted by Crippen LogP contribution is -2.54. The van der Waals surface area contributed by atoms with E-state index in [9.17, 15) is 19.2 Å². The predicted octanol–water partition coefficient (Wildman–Crippen LogP) is 7.18. The molecule has 0 aromatic carbocycles. The Morgan fingerprint density at radius 2 is 0.719 bits per heavy atom. The highest BCUT2D eigenvalue weighted by atomic mass is 16.1. The van der Waals surface area contributed by atoms with Crippen LogP contribution in [0.15, 0.2) is 178 Å². The second kappa shape index (κ2) is 30.6. The lowest BCUT2D eigenvalue weighted by molar-refractivity contribution is 0.407. The second-order valence-corrected chi connectivity index (χ2v) is 30.1. The SMILES string of the molecule is Cc1cn2cc(-c3cc(=O)n4cc(N5CCNCC5)ccc4n3)nc2c(C)n1.Cc1cn2cc(-c3cc(=O)n4cc(N5CCN[C@@H](C)C5)ccc4n3)nc2c(C)n1.Cc1cn2cc(-c3cc(=O)n4cc(N5C[C@@H](C)N[C@@H](C)C5)ccc4n3)ccc2n1.Cc1cn2nc(-c3cc(=O)n4cc(N5CCNCC5)ccc4n3)cc2c(C)n1. The van der Waals surface area contributed by atoms with Crippen molar-refractivity contribution in [3.05, 3.63) is 240 Å². The van der Waals surface area contributed by atoms with Gasteiger partial charge in [0.15, 0.2) is 11.3 Å². The summed E-state index contributed by atoms with van der Waals surface area (Å²) in [5.74, 6) is 0. The largest absolute Gasteiger partial charge is 0.368 e. The number of aromatic nitrogens is 19. The zero-order valence-corrected chi connectivity index (χ0v) is 65.4. The minimum absolute atomic E-state index is 0.0787. The minimum Gasteiger partial charge on any atom is -0.368 e. The van der Waals surface area contributed by atoms with Crippen molar-refractivity contribution < 1.29 is 0 Å². The molecule has 4 aliphatic heterocycles. The maximum Gasteiger partial charge on any atom is 0.258 e. The van der Waals surface area contributed by atoms with Crippen LogP contribution in [0.1, 0.15) is 60.6 Å². The molecule has 4 aliphatic rings. The highest BCUT2D eigenvalue weighted by Crippen LogP contribution is 2.27. The van der Waals surface area contributed by atoms with Crippen molar-refractivity contribution in [3.63, 3.8) is 0 Å². The first-order chi connectivity index (χ1) is 55.1. The molecular weight excluding hydrogens is 1440 g/mol. The van der Waals surface area contributed by atoms with E-state index in [0.29, 0.717) is 80.6 Å². The van der Waals surface area contributed by atoms with Crippen molar-refractivity contribution in [2.75, 3.05) is 105 Å². The standard InChI is InChI=1S/C22H24N6O.C21H23N7O.2C20H21N7O/c1-14-9-26(10-15(2)23-14)18-5-7-21-25-19(8-22(29)28(21)13-18)17-4-6-20-24-16(3)11-27(20)12-17;1-13-9-26(7-6-22-13)16-4-5-19-24-17(8-20(29)28(19)11-16)18-12-27-10-14(2)23-15(3)21(27)25-18;1-13-11-27-18(14(2)22-13)9-17(24-27)16-10-20(28)26-12-15(3-4-19(26)23-16)25-7-5-21-6-8-25;1-13-10-26-12-17(24-20(26)14(2)22-13)16-9-19(28)27-11-15(3-4-18(27)23-16)25-7-5-21-6-8-25/h4-8,11-15,23H,9-10H2,1-3H3;4-5,8,10-13,22H,6-7,9H2,1-3H3;2*3-4,9-12,21H,5-8H2,1-2H3/t14-,15+;13-;;/m.0../s1. The van der Waals surface area contributed by atoms with Crippen LogP contribution in [-0.2, 0) is 0 Å². The van der Waals surface area contributed by atoms with Crippen molar-refractivity contribution in [1.82, 2.24) is 112 Å². The second-order valence-electron chi connectivity index (χ2n) is 30.1. The average molecular weight is 1530 g/mol. The number of imidazole rings is 3. The van der Waals surface area contributed by atoms with E-state index in [0.717, 1.165) is 176 Å². The summed E-state index contributed by atoms with van der Waals surface area (Å²) in [5.41, 5.74) is 21.1. The van der Waals surface area contributed by atoms with Crippen LogP contribution in [-0.4, -0.2) is 193 Å². The number of hydrogen-bond acceptors (Lipinski definition) is 23. The summed E-state index contributed by atoms with van der Waals surface area (Å²) in [7, 11) is 0. The van der Waals surface area contributed by atoms with Crippen molar-refractivity contribution in [2.24, 2.45) is 0 Å². The molecule has 0 spiro atoms. The molecule has 0 saturated carbocycles. The van der Waals surface area contributed by atoms with Gasteiger partial charge in [0, 0.05) is 195 Å². The Bertz CT molecular complexity index is 6450. The molecule has 4 N–H and O–H groups in total. The Morgan fingerprint density at radius 1 is 0.325 bits per heavy atom. The average Bonchev–Trinajstić information content (AvgIpc) is 1.46. The van der Waals surface area contributed by atoms with Crippen LogP contribution in [0.25, 0.3) is 90.5 Å². The van der Waals surface area contributed by atoms with E-state index in [1.54, 1.807) is 46.4 Å². The molecule has 31 nitrogen and oxygen atoms in total. The van der Waals surface area contributed by atoms with Gasteiger partial charge in [0.2, 0.25) is 0 Å². The van der Waals surface area contributed by atoms with Crippen LogP contribution in [0, 0.1) is 48.5 Å². The van der Waals surface area contributed by atoms with Gasteiger partial charge in [0.1, 0.15) is 45.3 Å². The highest BCUT2D eigenvalue weighted by molar-refractivity contribution is 5.69. The van der Waals surface area contributed by atoms with E-state index in [-0.39, 0.29) is 22.2 Å². The first-order valence-corrected chi connectivity index (χ1v) is 38.6. The number of nitrogens with one attached hydrogen (secondary N) is 4. The molecule has 0 aliphatic carbocycles. The van der Waals surface area contributed by atoms with Crippen LogP contribution in [0.5, 0.6) is 0 Å². The molecule has 31 heteroatoms. The van der Waals surface area contributed by atoms with Gasteiger partial charge in [-0.05, 0) is 136 Å². The van der Waals surface area contributed by atoms with Gasteiger partial charge < -0.3 is 54.1 Å². The zero-order chi connectivity index (χ0) is 78.7. The number of fused-ring (bicyclic) bond motifs is 8. The maximum absolute atomic E-state index is 12.9. The molecule has 20 heterocycles. The quantitative estimate of drug-likeness (QED) is 0.117. The van der Waals surface area contributed by atoms with Crippen molar-refractivity contribution in [1.29, 1.82) is 0 Å². The Kier molecular flexibility index (Phi) is 19.8. The third-order valence-electron chi connectivity index (χ3n) is 21.1. The Morgan fingerprint density at radius 3 is 1.21 bits per heavy atom. The van der Waals surface area contributed by atoms with E-state index in [1.165, 1.54) is 0 Å². The van der Waals surface area contributed by atoms with Gasteiger partial charge in [-0.3, -0.25) is 51.7 Å². The van der Waals surface area contributed by atoms with Gasteiger partial charge in [-0.2, -0.15) is 5.10 Å². The summed E-state index contributed by atoms with van der Waals surface area (Å²) in [6.07, 6.45) is 21.0. The molecule has 114 heavy (non-hydrogen) atoms. The topological polar surface area (TPSA) is 306 Å². The van der Waals surface area contributed by atoms with E-state index in [4.69, 9.17) is 9.97 Å². The van der Waals surface area contributed by atoms with Crippen LogP contribution < -0.4 is 63.1 Å². The Hall–Kier alpha value is -13.0. The first-order valence-electron chi connectivity index (χ1n) is 38.6. The highest BCUT2D eigenvalue weighted by Gasteiger charge is 2.24. The maximum atomic E-state index is 12.9. The van der Waals surface area contributed by atoms with Crippen molar-refractivity contribution in [2.45, 2.75) is 87.4 Å². The number of hydrogen-bond donors (Lipinski definition) is 4. The first kappa shape index (κ1) is 73.8. The predicted molar refractivity (Wildman–Crippen MR) is 443 cm³/mol. The van der Waals surface area contributed by atoms with Crippen LogP contribution in [0.3, 0.4) is 0 Å². The Balaban J connectivity index is 0.000000110.